The number of aromatic nitrogens is 4. The quantitative estimate of drug-likeness (QED) is 0.228. The summed E-state index contributed by atoms with van der Waals surface area (Å²) >= 11 is 6.49. The first-order chi connectivity index (χ1) is 20.0. The smallest absolute Gasteiger partial charge is 0.229 e. The van der Waals surface area contributed by atoms with Gasteiger partial charge in [-0.2, -0.15) is 10.1 Å². The highest BCUT2D eigenvalue weighted by molar-refractivity contribution is 7.70. The third-order valence-corrected chi connectivity index (χ3v) is 9.42. The molecule has 0 unspecified atom stereocenters. The lowest BCUT2D eigenvalue weighted by Gasteiger charge is -2.37. The summed E-state index contributed by atoms with van der Waals surface area (Å²) in [6.07, 6.45) is 7.60. The number of nitrogens with one attached hydrogen (secondary N) is 2. The number of benzene rings is 2. The van der Waals surface area contributed by atoms with Crippen molar-refractivity contribution in [2.75, 3.05) is 63.2 Å². The summed E-state index contributed by atoms with van der Waals surface area (Å²) in [5.41, 5.74) is 4.55. The average molecular weight is 609 g/mol. The molecule has 0 atom stereocenters. The van der Waals surface area contributed by atoms with Crippen molar-refractivity contribution in [1.82, 2.24) is 24.6 Å². The van der Waals surface area contributed by atoms with E-state index in [2.05, 4.69) is 61.7 Å². The van der Waals surface area contributed by atoms with Crippen LogP contribution in [0.4, 0.5) is 28.8 Å². The van der Waals surface area contributed by atoms with Crippen molar-refractivity contribution >= 4 is 52.9 Å². The van der Waals surface area contributed by atoms with Gasteiger partial charge in [0.05, 0.1) is 30.9 Å². The molecule has 0 bridgehead atoms. The van der Waals surface area contributed by atoms with E-state index in [-0.39, 0.29) is 0 Å². The van der Waals surface area contributed by atoms with Gasteiger partial charge < -0.3 is 29.7 Å². The molecular formula is C30H38ClN8O2P. The van der Waals surface area contributed by atoms with Crippen LogP contribution in [0.25, 0.3) is 11.1 Å². The fraction of sp³-hybridized carbons (Fsp3) is 0.367. The number of nitrogens with zero attached hydrogens (tertiary/aromatic N) is 6. The molecule has 2 aromatic carbocycles. The average Bonchev–Trinajstić information content (AvgIpc) is 3.40. The molecule has 0 aliphatic carbocycles. The highest BCUT2D eigenvalue weighted by Crippen LogP contribution is 2.42. The number of aryl methyl sites for hydroxylation is 1. The number of para-hydroxylation sites is 1. The third-order valence-electron chi connectivity index (χ3n) is 7.60. The lowest BCUT2D eigenvalue weighted by Crippen LogP contribution is -2.42. The molecule has 5 rings (SSSR count). The maximum atomic E-state index is 12.9. The van der Waals surface area contributed by atoms with E-state index in [1.807, 2.05) is 43.7 Å². The lowest BCUT2D eigenvalue weighted by molar-refractivity contribution is 0.249. The Morgan fingerprint density at radius 2 is 1.81 bits per heavy atom. The van der Waals surface area contributed by atoms with Gasteiger partial charge >= 0.3 is 0 Å². The fourth-order valence-corrected chi connectivity index (χ4v) is 6.62. The molecule has 10 nitrogen and oxygen atoms in total. The molecule has 0 spiro atoms. The number of halogens is 1. The summed E-state index contributed by atoms with van der Waals surface area (Å²) in [5, 5.41) is 12.1. The molecular weight excluding hydrogens is 571 g/mol. The number of methoxy groups -OCH3 is 1. The predicted octanol–water partition coefficient (Wildman–Crippen LogP) is 5.80. The minimum absolute atomic E-state index is 0.338. The van der Waals surface area contributed by atoms with E-state index < -0.39 is 7.14 Å². The number of rotatable bonds is 9. The fourth-order valence-electron chi connectivity index (χ4n) is 5.32. The third kappa shape index (κ3) is 6.56. The van der Waals surface area contributed by atoms with Crippen molar-refractivity contribution in [2.45, 2.75) is 18.9 Å². The molecule has 1 aliphatic rings. The molecule has 3 heterocycles. The topological polar surface area (TPSA) is 100 Å². The van der Waals surface area contributed by atoms with Crippen molar-refractivity contribution in [3.8, 4) is 16.9 Å². The van der Waals surface area contributed by atoms with Crippen LogP contribution in [0.2, 0.25) is 5.02 Å². The standard InChI is InChI=1S/C30H38ClN8O2P/c1-37(2)21-11-13-39(14-12-21)26-16-27(41-4)25(15-22(26)20-17-33-38(3)19-20)35-30-32-18-23(31)29(36-30)34-24-9-7-8-10-28(24)42(5,6)40/h7-10,15-19,21H,11-14H2,1-6H3,(H2,32,34,35,36). The normalized spacial score (nSPS) is 14.3. The number of ether oxygens (including phenoxy) is 1. The Balaban J connectivity index is 1.49. The Morgan fingerprint density at radius 1 is 1.07 bits per heavy atom. The highest BCUT2D eigenvalue weighted by atomic mass is 35.5. The minimum atomic E-state index is -2.54. The van der Waals surface area contributed by atoms with Gasteiger partial charge in [-0.05, 0) is 58.5 Å². The van der Waals surface area contributed by atoms with Crippen molar-refractivity contribution in [3.05, 3.63) is 60.0 Å². The molecule has 0 amide bonds. The van der Waals surface area contributed by atoms with E-state index in [0.717, 1.165) is 48.0 Å². The molecule has 1 aliphatic heterocycles. The molecule has 0 saturated carbocycles. The Morgan fingerprint density at radius 3 is 2.45 bits per heavy atom. The summed E-state index contributed by atoms with van der Waals surface area (Å²) in [6, 6.07) is 12.2. The van der Waals surface area contributed by atoms with E-state index in [1.165, 1.54) is 6.20 Å². The maximum absolute atomic E-state index is 12.9. The van der Waals surface area contributed by atoms with E-state index in [4.69, 9.17) is 16.3 Å². The Bertz CT molecular complexity index is 1610. The summed E-state index contributed by atoms with van der Waals surface area (Å²) in [5.74, 6) is 1.41. The molecule has 4 aromatic rings. The van der Waals surface area contributed by atoms with Crippen molar-refractivity contribution < 1.29 is 9.30 Å². The molecule has 1 saturated heterocycles. The molecule has 42 heavy (non-hydrogen) atoms. The first kappa shape index (κ1) is 29.9. The number of hydrogen-bond acceptors (Lipinski definition) is 9. The SMILES string of the molecule is COc1cc(N2CCC(N(C)C)CC2)c(-c2cnn(C)c2)cc1Nc1ncc(Cl)c(Nc2ccccc2P(C)(C)=O)n1. The van der Waals surface area contributed by atoms with Crippen LogP contribution in [0.3, 0.4) is 0 Å². The van der Waals surface area contributed by atoms with E-state index in [1.54, 1.807) is 25.1 Å². The van der Waals surface area contributed by atoms with E-state index in [0.29, 0.717) is 40.0 Å². The summed E-state index contributed by atoms with van der Waals surface area (Å²) in [4.78, 5) is 13.8. The lowest BCUT2D eigenvalue weighted by atomic mass is 9.99. The van der Waals surface area contributed by atoms with Crippen molar-refractivity contribution in [2.24, 2.45) is 7.05 Å². The second-order valence-electron chi connectivity index (χ2n) is 11.2. The van der Waals surface area contributed by atoms with Gasteiger partial charge in [0.25, 0.3) is 0 Å². The van der Waals surface area contributed by atoms with Gasteiger partial charge in [0.15, 0.2) is 5.82 Å². The van der Waals surface area contributed by atoms with E-state index in [9.17, 15) is 4.57 Å². The molecule has 2 N–H and O–H groups in total. The zero-order valence-electron chi connectivity index (χ0n) is 24.9. The van der Waals surface area contributed by atoms with Gasteiger partial charge in [-0.25, -0.2) is 4.98 Å². The van der Waals surface area contributed by atoms with Crippen LogP contribution in [-0.2, 0) is 11.6 Å². The predicted molar refractivity (Wildman–Crippen MR) is 173 cm³/mol. The Hall–Kier alpha value is -3.59. The molecule has 222 valence electrons. The van der Waals surface area contributed by atoms with Crippen LogP contribution in [0.1, 0.15) is 12.8 Å². The largest absolute Gasteiger partial charge is 0.494 e. The van der Waals surface area contributed by atoms with Crippen LogP contribution < -0.4 is 25.6 Å². The second-order valence-corrected chi connectivity index (χ2v) is 14.8. The number of piperidine rings is 1. The minimum Gasteiger partial charge on any atom is -0.494 e. The zero-order valence-corrected chi connectivity index (χ0v) is 26.6. The van der Waals surface area contributed by atoms with Crippen molar-refractivity contribution in [1.29, 1.82) is 0 Å². The van der Waals surface area contributed by atoms with Gasteiger partial charge in [0, 0.05) is 60.6 Å². The Kier molecular flexibility index (Phi) is 8.78. The van der Waals surface area contributed by atoms with Crippen LogP contribution in [0, 0.1) is 0 Å². The van der Waals surface area contributed by atoms with E-state index >= 15 is 0 Å². The van der Waals surface area contributed by atoms with Gasteiger partial charge in [-0.15, -0.1) is 0 Å². The summed E-state index contributed by atoms with van der Waals surface area (Å²) in [7, 11) is 5.33. The molecule has 1 fully saturated rings. The van der Waals surface area contributed by atoms with Crippen molar-refractivity contribution in [3.63, 3.8) is 0 Å². The molecule has 2 aromatic heterocycles. The van der Waals surface area contributed by atoms with Gasteiger partial charge in [0.1, 0.15) is 17.9 Å². The highest BCUT2D eigenvalue weighted by Gasteiger charge is 2.25. The van der Waals surface area contributed by atoms with Gasteiger partial charge in [0.2, 0.25) is 5.95 Å². The first-order valence-electron chi connectivity index (χ1n) is 13.9. The number of hydrogen-bond donors (Lipinski definition) is 2. The van der Waals surface area contributed by atoms with Gasteiger partial charge in [-0.1, -0.05) is 23.7 Å². The zero-order chi connectivity index (χ0) is 30.0. The van der Waals surface area contributed by atoms with Gasteiger partial charge in [-0.3, -0.25) is 4.68 Å². The summed E-state index contributed by atoms with van der Waals surface area (Å²) in [6.45, 7) is 5.38. The van der Waals surface area contributed by atoms with Crippen LogP contribution in [-0.4, -0.2) is 78.3 Å². The summed E-state index contributed by atoms with van der Waals surface area (Å²) < 4.78 is 20.5. The first-order valence-corrected chi connectivity index (χ1v) is 16.8. The van der Waals surface area contributed by atoms with Crippen LogP contribution >= 0.6 is 18.7 Å². The number of anilines is 5. The van der Waals surface area contributed by atoms with Crippen LogP contribution in [0.5, 0.6) is 5.75 Å². The van der Waals surface area contributed by atoms with Crippen LogP contribution in [0.15, 0.2) is 55.0 Å². The maximum Gasteiger partial charge on any atom is 0.229 e. The Labute approximate surface area is 252 Å². The molecule has 0 radical (unpaired) electrons. The monoisotopic (exact) mass is 608 g/mol. The molecule has 12 heteroatoms. The second kappa shape index (κ2) is 12.3.